The molecule has 0 amide bonds. The number of allylic oxidation sites excluding steroid dienone is 19. The van der Waals surface area contributed by atoms with Crippen LogP contribution in [0.2, 0.25) is 0 Å². The van der Waals surface area contributed by atoms with Gasteiger partial charge in [0.1, 0.15) is 0 Å². The predicted octanol–water partition coefficient (Wildman–Crippen LogP) is 10.6. The molecule has 2 heteroatoms. The van der Waals surface area contributed by atoms with Crippen LogP contribution in [0, 0.1) is 16.7 Å². The van der Waals surface area contributed by atoms with E-state index in [1.807, 2.05) is 6.08 Å². The Morgan fingerprint density at radius 3 is 2.07 bits per heavy atom. The molecule has 2 rings (SSSR count). The monoisotopic (exact) mass is 570 g/mol. The maximum absolute atomic E-state index is 10.1. The van der Waals surface area contributed by atoms with Crippen LogP contribution in [0.4, 0.5) is 0 Å². The summed E-state index contributed by atoms with van der Waals surface area (Å²) in [4.78, 5) is 0. The van der Waals surface area contributed by atoms with Crippen LogP contribution in [-0.2, 0) is 0 Å². The summed E-state index contributed by atoms with van der Waals surface area (Å²) in [6.07, 6.45) is 32.2. The maximum Gasteiger partial charge on any atom is 0.0734 e. The number of aliphatic hydroxyl groups is 2. The van der Waals surface area contributed by atoms with Gasteiger partial charge in [-0.25, -0.2) is 0 Å². The first-order valence-electron chi connectivity index (χ1n) is 15.8. The van der Waals surface area contributed by atoms with Crippen molar-refractivity contribution in [3.05, 3.63) is 118 Å². The van der Waals surface area contributed by atoms with Crippen molar-refractivity contribution in [1.82, 2.24) is 0 Å². The van der Waals surface area contributed by atoms with E-state index in [4.69, 9.17) is 0 Å². The highest BCUT2D eigenvalue weighted by Gasteiger charge is 2.35. The lowest BCUT2D eigenvalue weighted by Crippen LogP contribution is -2.33. The Morgan fingerprint density at radius 2 is 1.43 bits per heavy atom. The van der Waals surface area contributed by atoms with Crippen molar-refractivity contribution in [2.75, 3.05) is 0 Å². The number of hydrogen-bond acceptors (Lipinski definition) is 2. The molecule has 0 aliphatic heterocycles. The molecule has 42 heavy (non-hydrogen) atoms. The largest absolute Gasteiger partial charge is 0.393 e. The minimum atomic E-state index is -0.348. The van der Waals surface area contributed by atoms with E-state index in [-0.39, 0.29) is 23.0 Å². The molecule has 0 aromatic carbocycles. The summed E-state index contributed by atoms with van der Waals surface area (Å²) in [5.74, 6) is 0.435. The summed E-state index contributed by atoms with van der Waals surface area (Å²) >= 11 is 0. The maximum atomic E-state index is 10.1. The first-order chi connectivity index (χ1) is 19.6. The lowest BCUT2D eigenvalue weighted by atomic mass is 9.67. The summed E-state index contributed by atoms with van der Waals surface area (Å²) in [6.45, 7) is 21.8. The number of rotatable bonds is 10. The van der Waals surface area contributed by atoms with Gasteiger partial charge >= 0.3 is 0 Å². The Morgan fingerprint density at radius 1 is 0.810 bits per heavy atom. The molecule has 2 aliphatic rings. The van der Waals surface area contributed by atoms with Crippen molar-refractivity contribution in [3.63, 3.8) is 0 Å². The Hall–Kier alpha value is -2.68. The average Bonchev–Trinajstić information content (AvgIpc) is 2.84. The highest BCUT2D eigenvalue weighted by atomic mass is 16.3. The highest BCUT2D eigenvalue weighted by Crippen LogP contribution is 2.43. The zero-order chi connectivity index (χ0) is 31.5. The van der Waals surface area contributed by atoms with Crippen LogP contribution in [0.25, 0.3) is 0 Å². The van der Waals surface area contributed by atoms with Gasteiger partial charge in [0.05, 0.1) is 12.2 Å². The first-order valence-corrected chi connectivity index (χ1v) is 15.8. The van der Waals surface area contributed by atoms with Crippen molar-refractivity contribution in [2.24, 2.45) is 16.7 Å². The second kappa shape index (κ2) is 16.2. The lowest BCUT2D eigenvalue weighted by Gasteiger charge is -2.40. The third-order valence-corrected chi connectivity index (χ3v) is 8.61. The molecule has 2 nitrogen and oxygen atoms in total. The molecule has 0 heterocycles. The molecule has 0 aromatic heterocycles. The number of hydrogen-bond donors (Lipinski definition) is 2. The Kier molecular flexibility index (Phi) is 13.7. The summed E-state index contributed by atoms with van der Waals surface area (Å²) < 4.78 is 0. The van der Waals surface area contributed by atoms with Crippen molar-refractivity contribution in [2.45, 2.75) is 114 Å². The van der Waals surface area contributed by atoms with E-state index in [0.717, 1.165) is 32.1 Å². The molecule has 0 saturated heterocycles. The molecule has 2 aliphatic carbocycles. The predicted molar refractivity (Wildman–Crippen MR) is 184 cm³/mol. The Balaban J connectivity index is 1.85. The van der Waals surface area contributed by atoms with E-state index in [1.54, 1.807) is 0 Å². The molecule has 230 valence electrons. The molecule has 0 spiro atoms. The van der Waals surface area contributed by atoms with Gasteiger partial charge in [0.15, 0.2) is 0 Å². The van der Waals surface area contributed by atoms with Gasteiger partial charge in [-0.05, 0) is 94.6 Å². The fourth-order valence-corrected chi connectivity index (χ4v) is 6.35. The van der Waals surface area contributed by atoms with Crippen molar-refractivity contribution in [3.8, 4) is 0 Å². The van der Waals surface area contributed by atoms with Crippen LogP contribution in [0.3, 0.4) is 0 Å². The average molecular weight is 571 g/mol. The minimum absolute atomic E-state index is 0.0214. The van der Waals surface area contributed by atoms with Gasteiger partial charge < -0.3 is 10.2 Å². The smallest absolute Gasteiger partial charge is 0.0734 e. The van der Waals surface area contributed by atoms with Gasteiger partial charge in [0.2, 0.25) is 0 Å². The molecule has 1 unspecified atom stereocenters. The van der Waals surface area contributed by atoms with Crippen molar-refractivity contribution >= 4 is 0 Å². The zero-order valence-corrected chi connectivity index (χ0v) is 28.2. The standard InChI is InChI=1S/C40H58O2/c1-29(17-13-19-31(3)21-23-37-33(5)25-35(41)27-39(37,7)8)15-11-12-16-30(2)18-14-20-32(4)22-24-38-34(6)26-36(42)28-40(38,9)10/h11-13,15-19,21-25,34-36,41-42H,14,20,26-28H2,1-10H3/b15-11+,16-12+,19-13+,29-17+,30-18+,31-21+,32-22+,37-23+,38-24+/t34?,35-,36+/m0/s1. The normalized spacial score (nSPS) is 28.1. The lowest BCUT2D eigenvalue weighted by molar-refractivity contribution is 0.0769. The van der Waals surface area contributed by atoms with Crippen LogP contribution >= 0.6 is 0 Å². The Labute approximate surface area is 258 Å². The van der Waals surface area contributed by atoms with Gasteiger partial charge in [-0.3, -0.25) is 0 Å². The molecule has 2 N–H and O–H groups in total. The summed E-state index contributed by atoms with van der Waals surface area (Å²) in [5, 5.41) is 20.2. The van der Waals surface area contributed by atoms with E-state index >= 15 is 0 Å². The van der Waals surface area contributed by atoms with Crippen molar-refractivity contribution in [1.29, 1.82) is 0 Å². The molecule has 3 atom stereocenters. The second-order valence-corrected chi connectivity index (χ2v) is 14.0. The quantitative estimate of drug-likeness (QED) is 0.256. The SMILES string of the molecule is CC1=C[C@H](O)CC(C)(C)/C1=C/C=C(C)/C=C/C=C(C)/C=C/C=C/C(C)=C/CC/C(C)=C/C=C1\C(C)C[C@@H](O)CC1(C)C. The molecular formula is C40H58O2. The van der Waals surface area contributed by atoms with Crippen LogP contribution in [0.1, 0.15) is 101 Å². The molecule has 0 radical (unpaired) electrons. The highest BCUT2D eigenvalue weighted by molar-refractivity contribution is 5.42. The summed E-state index contributed by atoms with van der Waals surface area (Å²) in [6, 6.07) is 0. The van der Waals surface area contributed by atoms with Gasteiger partial charge in [-0.1, -0.05) is 141 Å². The minimum Gasteiger partial charge on any atom is -0.393 e. The van der Waals surface area contributed by atoms with Crippen molar-refractivity contribution < 1.29 is 10.2 Å². The van der Waals surface area contributed by atoms with Gasteiger partial charge in [0, 0.05) is 0 Å². The van der Waals surface area contributed by atoms with Crippen LogP contribution in [0.5, 0.6) is 0 Å². The molecular weight excluding hydrogens is 512 g/mol. The van der Waals surface area contributed by atoms with Gasteiger partial charge in [-0.2, -0.15) is 0 Å². The Bertz CT molecular complexity index is 1230. The van der Waals surface area contributed by atoms with E-state index < -0.39 is 0 Å². The molecule has 1 fully saturated rings. The van der Waals surface area contributed by atoms with E-state index in [1.165, 1.54) is 39.0 Å². The van der Waals surface area contributed by atoms with E-state index in [9.17, 15) is 10.2 Å². The number of aliphatic hydroxyl groups excluding tert-OH is 2. The molecule has 1 saturated carbocycles. The third kappa shape index (κ3) is 11.9. The van der Waals surface area contributed by atoms with Gasteiger partial charge in [0.25, 0.3) is 0 Å². The fourth-order valence-electron chi connectivity index (χ4n) is 6.35. The third-order valence-electron chi connectivity index (χ3n) is 8.61. The van der Waals surface area contributed by atoms with Crippen LogP contribution < -0.4 is 0 Å². The van der Waals surface area contributed by atoms with Crippen LogP contribution in [0.15, 0.2) is 118 Å². The van der Waals surface area contributed by atoms with E-state index in [0.29, 0.717) is 5.92 Å². The summed E-state index contributed by atoms with van der Waals surface area (Å²) in [5.41, 5.74) is 9.04. The first kappa shape index (κ1) is 35.5. The van der Waals surface area contributed by atoms with Crippen LogP contribution in [-0.4, -0.2) is 22.4 Å². The molecule has 0 aromatic rings. The van der Waals surface area contributed by atoms with E-state index in [2.05, 4.69) is 142 Å². The summed E-state index contributed by atoms with van der Waals surface area (Å²) in [7, 11) is 0. The fraction of sp³-hybridized carbons (Fsp3) is 0.500. The second-order valence-electron chi connectivity index (χ2n) is 14.0. The zero-order valence-electron chi connectivity index (χ0n) is 28.2. The molecule has 0 bridgehead atoms. The topological polar surface area (TPSA) is 40.5 Å². The van der Waals surface area contributed by atoms with Gasteiger partial charge in [-0.15, -0.1) is 0 Å².